The van der Waals surface area contributed by atoms with Crippen molar-refractivity contribution in [3.8, 4) is 11.5 Å². The van der Waals surface area contributed by atoms with Gasteiger partial charge in [0.1, 0.15) is 11.5 Å². The summed E-state index contributed by atoms with van der Waals surface area (Å²) in [6.45, 7) is 0. The summed E-state index contributed by atoms with van der Waals surface area (Å²) in [5.74, 6) is 0.0959. The van der Waals surface area contributed by atoms with E-state index in [-0.39, 0.29) is 10.8 Å². The number of aromatic hydroxyl groups is 1. The minimum Gasteiger partial charge on any atom is -0.506 e. The van der Waals surface area contributed by atoms with Gasteiger partial charge in [-0.2, -0.15) is 5.10 Å². The number of hydrogen-bond donors (Lipinski definition) is 2. The molecule has 0 aliphatic heterocycles. The number of methoxy groups -OCH3 is 1. The molecule has 0 saturated heterocycles. The topological polar surface area (TPSA) is 70.9 Å². The van der Waals surface area contributed by atoms with E-state index in [0.29, 0.717) is 21.9 Å². The van der Waals surface area contributed by atoms with Crippen LogP contribution >= 0.6 is 23.2 Å². The number of rotatable bonds is 4. The number of ether oxygens (including phenoxy) is 1. The van der Waals surface area contributed by atoms with Crippen molar-refractivity contribution in [3.05, 3.63) is 57.6 Å². The van der Waals surface area contributed by atoms with E-state index in [2.05, 4.69) is 10.5 Å². The quantitative estimate of drug-likeness (QED) is 0.662. The highest BCUT2D eigenvalue weighted by Gasteiger charge is 2.07. The Kier molecular flexibility index (Phi) is 5.25. The Labute approximate surface area is 137 Å². The minimum atomic E-state index is -0.397. The predicted octanol–water partition coefficient (Wildman–Crippen LogP) is 3.47. The molecule has 2 N–H and O–H groups in total. The summed E-state index contributed by atoms with van der Waals surface area (Å²) in [5.41, 5.74) is 3.06. The molecule has 0 bridgehead atoms. The average Bonchev–Trinajstić information content (AvgIpc) is 2.51. The van der Waals surface area contributed by atoms with E-state index >= 15 is 0 Å². The summed E-state index contributed by atoms with van der Waals surface area (Å²) in [4.78, 5) is 11.9. The first kappa shape index (κ1) is 16.1. The number of hydrazone groups is 1. The summed E-state index contributed by atoms with van der Waals surface area (Å²) in [7, 11) is 1.54. The van der Waals surface area contributed by atoms with Gasteiger partial charge in [0.15, 0.2) is 0 Å². The third-order valence-electron chi connectivity index (χ3n) is 2.78. The molecular weight excluding hydrogens is 327 g/mol. The lowest BCUT2D eigenvalue weighted by molar-refractivity contribution is 0.0955. The molecule has 0 aliphatic rings. The van der Waals surface area contributed by atoms with Crippen molar-refractivity contribution >= 4 is 35.3 Å². The van der Waals surface area contributed by atoms with Gasteiger partial charge in [-0.3, -0.25) is 4.79 Å². The minimum absolute atomic E-state index is 0.107. The molecular formula is C15H12Cl2N2O3. The second-order valence-corrected chi connectivity index (χ2v) is 5.10. The molecule has 0 radical (unpaired) electrons. The maximum Gasteiger partial charge on any atom is 0.271 e. The molecule has 0 unspecified atom stereocenters. The van der Waals surface area contributed by atoms with Gasteiger partial charge in [-0.15, -0.1) is 0 Å². The zero-order valence-electron chi connectivity index (χ0n) is 11.5. The Morgan fingerprint density at radius 3 is 2.59 bits per heavy atom. The SMILES string of the molecule is COc1ccc(C(=O)N/N=C\c2cc(Cl)cc(Cl)c2O)cc1. The van der Waals surface area contributed by atoms with E-state index in [1.165, 1.54) is 18.3 Å². The number of phenols is 1. The van der Waals surface area contributed by atoms with Crippen LogP contribution in [0.1, 0.15) is 15.9 Å². The number of hydrogen-bond acceptors (Lipinski definition) is 4. The van der Waals surface area contributed by atoms with Crippen LogP contribution in [0.15, 0.2) is 41.5 Å². The van der Waals surface area contributed by atoms with Crippen molar-refractivity contribution in [2.45, 2.75) is 0 Å². The van der Waals surface area contributed by atoms with Crippen LogP contribution in [0.4, 0.5) is 0 Å². The predicted molar refractivity (Wildman–Crippen MR) is 86.2 cm³/mol. The molecule has 2 aromatic rings. The van der Waals surface area contributed by atoms with Gasteiger partial charge in [0.25, 0.3) is 5.91 Å². The average molecular weight is 339 g/mol. The number of benzene rings is 2. The lowest BCUT2D eigenvalue weighted by Gasteiger charge is -2.03. The first-order valence-electron chi connectivity index (χ1n) is 6.16. The fraction of sp³-hybridized carbons (Fsp3) is 0.0667. The standard InChI is InChI=1S/C15H12Cl2N2O3/c1-22-12-4-2-9(3-5-12)15(21)19-18-8-10-6-11(16)7-13(17)14(10)20/h2-8,20H,1H3,(H,19,21)/b18-8-. The van der Waals surface area contributed by atoms with Gasteiger partial charge >= 0.3 is 0 Å². The highest BCUT2D eigenvalue weighted by atomic mass is 35.5. The Bertz CT molecular complexity index is 715. The third-order valence-corrected chi connectivity index (χ3v) is 3.29. The van der Waals surface area contributed by atoms with Crippen LogP contribution in [0.25, 0.3) is 0 Å². The van der Waals surface area contributed by atoms with Crippen molar-refractivity contribution in [3.63, 3.8) is 0 Å². The molecule has 1 amide bonds. The molecule has 0 aliphatic carbocycles. The fourth-order valence-electron chi connectivity index (χ4n) is 1.65. The molecule has 2 rings (SSSR count). The first-order valence-corrected chi connectivity index (χ1v) is 6.92. The number of amides is 1. The number of nitrogens with zero attached hydrogens (tertiary/aromatic N) is 1. The molecule has 2 aromatic carbocycles. The molecule has 0 aromatic heterocycles. The Morgan fingerprint density at radius 1 is 1.27 bits per heavy atom. The lowest BCUT2D eigenvalue weighted by Crippen LogP contribution is -2.17. The molecule has 0 fully saturated rings. The van der Waals surface area contributed by atoms with Gasteiger partial charge in [0, 0.05) is 16.1 Å². The Morgan fingerprint density at radius 2 is 1.95 bits per heavy atom. The smallest absolute Gasteiger partial charge is 0.271 e. The van der Waals surface area contributed by atoms with E-state index in [4.69, 9.17) is 27.9 Å². The highest BCUT2D eigenvalue weighted by Crippen LogP contribution is 2.29. The van der Waals surface area contributed by atoms with E-state index in [0.717, 1.165) is 0 Å². The van der Waals surface area contributed by atoms with E-state index in [1.807, 2.05) is 0 Å². The molecule has 22 heavy (non-hydrogen) atoms. The van der Waals surface area contributed by atoms with Crippen LogP contribution in [0.3, 0.4) is 0 Å². The normalized spacial score (nSPS) is 10.7. The summed E-state index contributed by atoms with van der Waals surface area (Å²) >= 11 is 11.6. The second kappa shape index (κ2) is 7.15. The largest absolute Gasteiger partial charge is 0.506 e. The molecule has 114 valence electrons. The molecule has 0 heterocycles. The van der Waals surface area contributed by atoms with Gasteiger partial charge in [0.05, 0.1) is 18.3 Å². The molecule has 0 atom stereocenters. The number of carbonyl (C=O) groups is 1. The molecule has 0 saturated carbocycles. The summed E-state index contributed by atoms with van der Waals surface area (Å²) in [6, 6.07) is 9.44. The highest BCUT2D eigenvalue weighted by molar-refractivity contribution is 6.36. The number of halogens is 2. The Hall–Kier alpha value is -2.24. The summed E-state index contributed by atoms with van der Waals surface area (Å²) < 4.78 is 5.01. The van der Waals surface area contributed by atoms with Crippen LogP contribution in [0.2, 0.25) is 10.0 Å². The van der Waals surface area contributed by atoms with Crippen LogP contribution in [-0.2, 0) is 0 Å². The van der Waals surface area contributed by atoms with Gasteiger partial charge in [0.2, 0.25) is 0 Å². The summed E-state index contributed by atoms with van der Waals surface area (Å²) in [5, 5.41) is 14.0. The third kappa shape index (κ3) is 3.90. The van der Waals surface area contributed by atoms with E-state index in [9.17, 15) is 9.90 Å². The lowest BCUT2D eigenvalue weighted by atomic mass is 10.2. The molecule has 0 spiro atoms. The fourth-order valence-corrected chi connectivity index (χ4v) is 2.16. The van der Waals surface area contributed by atoms with E-state index < -0.39 is 5.91 Å². The van der Waals surface area contributed by atoms with Crippen molar-refractivity contribution in [1.29, 1.82) is 0 Å². The maximum atomic E-state index is 11.9. The van der Waals surface area contributed by atoms with Crippen molar-refractivity contribution in [2.24, 2.45) is 5.10 Å². The van der Waals surface area contributed by atoms with Gasteiger partial charge in [-0.05, 0) is 36.4 Å². The van der Waals surface area contributed by atoms with Gasteiger partial charge in [-0.1, -0.05) is 23.2 Å². The number of phenolic OH excluding ortho intramolecular Hbond substituents is 1. The molecule has 5 nitrogen and oxygen atoms in total. The van der Waals surface area contributed by atoms with Crippen LogP contribution in [0, 0.1) is 0 Å². The van der Waals surface area contributed by atoms with Crippen LogP contribution < -0.4 is 10.2 Å². The van der Waals surface area contributed by atoms with Crippen LogP contribution in [-0.4, -0.2) is 24.3 Å². The molecule has 7 heteroatoms. The summed E-state index contributed by atoms with van der Waals surface area (Å²) in [6.07, 6.45) is 1.26. The van der Waals surface area contributed by atoms with Gasteiger partial charge in [-0.25, -0.2) is 5.43 Å². The van der Waals surface area contributed by atoms with Crippen molar-refractivity contribution in [1.82, 2.24) is 5.43 Å². The number of carbonyl (C=O) groups excluding carboxylic acids is 1. The maximum absolute atomic E-state index is 11.9. The second-order valence-electron chi connectivity index (χ2n) is 4.25. The van der Waals surface area contributed by atoms with Gasteiger partial charge < -0.3 is 9.84 Å². The van der Waals surface area contributed by atoms with E-state index in [1.54, 1.807) is 31.4 Å². The zero-order chi connectivity index (χ0) is 16.1. The number of nitrogens with one attached hydrogen (secondary N) is 1. The van der Waals surface area contributed by atoms with Crippen molar-refractivity contribution < 1.29 is 14.6 Å². The van der Waals surface area contributed by atoms with Crippen molar-refractivity contribution in [2.75, 3.05) is 7.11 Å². The zero-order valence-corrected chi connectivity index (χ0v) is 13.0. The van der Waals surface area contributed by atoms with Crippen LogP contribution in [0.5, 0.6) is 11.5 Å². The Balaban J connectivity index is 2.07. The monoisotopic (exact) mass is 338 g/mol. The first-order chi connectivity index (χ1) is 10.5.